The first kappa shape index (κ1) is 16.6. The predicted octanol–water partition coefficient (Wildman–Crippen LogP) is 4.00. The monoisotopic (exact) mass is 341 g/mol. The SMILES string of the molecule is COC(=O)CN1CSC(=Cc2ccc(Oc3ccccc3)cc2)C1. The van der Waals surface area contributed by atoms with Crippen molar-refractivity contribution in [2.75, 3.05) is 26.1 Å². The molecule has 1 aliphatic rings. The lowest BCUT2D eigenvalue weighted by Crippen LogP contribution is -2.27. The second kappa shape index (κ2) is 8.04. The minimum Gasteiger partial charge on any atom is -0.468 e. The summed E-state index contributed by atoms with van der Waals surface area (Å²) in [4.78, 5) is 14.6. The molecule has 1 aliphatic heterocycles. The highest BCUT2D eigenvalue weighted by molar-refractivity contribution is 8.03. The molecule has 1 saturated heterocycles. The van der Waals surface area contributed by atoms with Gasteiger partial charge in [0.05, 0.1) is 13.7 Å². The van der Waals surface area contributed by atoms with Gasteiger partial charge in [0.1, 0.15) is 11.5 Å². The first-order chi connectivity index (χ1) is 11.7. The molecule has 5 heteroatoms. The molecule has 3 rings (SSSR count). The number of ether oxygens (including phenoxy) is 2. The van der Waals surface area contributed by atoms with E-state index in [1.54, 1.807) is 11.8 Å². The molecule has 0 atom stereocenters. The van der Waals surface area contributed by atoms with Crippen LogP contribution in [-0.4, -0.2) is 36.9 Å². The highest BCUT2D eigenvalue weighted by Gasteiger charge is 2.19. The lowest BCUT2D eigenvalue weighted by Gasteiger charge is -2.10. The molecule has 1 heterocycles. The molecule has 0 aliphatic carbocycles. The van der Waals surface area contributed by atoms with Crippen molar-refractivity contribution < 1.29 is 14.3 Å². The molecular weight excluding hydrogens is 322 g/mol. The highest BCUT2D eigenvalue weighted by atomic mass is 32.2. The third-order valence-electron chi connectivity index (χ3n) is 3.58. The third kappa shape index (κ3) is 4.63. The van der Waals surface area contributed by atoms with Gasteiger partial charge in [0, 0.05) is 17.3 Å². The molecule has 2 aromatic rings. The summed E-state index contributed by atoms with van der Waals surface area (Å²) in [6, 6.07) is 17.7. The van der Waals surface area contributed by atoms with Crippen molar-refractivity contribution in [2.45, 2.75) is 0 Å². The number of benzene rings is 2. The smallest absolute Gasteiger partial charge is 0.319 e. The number of esters is 1. The number of hydrogen-bond donors (Lipinski definition) is 0. The van der Waals surface area contributed by atoms with Crippen molar-refractivity contribution >= 4 is 23.8 Å². The van der Waals surface area contributed by atoms with Gasteiger partial charge in [-0.25, -0.2) is 0 Å². The van der Waals surface area contributed by atoms with Crippen LogP contribution in [0.3, 0.4) is 0 Å². The summed E-state index contributed by atoms with van der Waals surface area (Å²) in [5.74, 6) is 2.26. The van der Waals surface area contributed by atoms with Gasteiger partial charge in [0.2, 0.25) is 0 Å². The van der Waals surface area contributed by atoms with Crippen molar-refractivity contribution in [1.29, 1.82) is 0 Å². The molecule has 0 N–H and O–H groups in total. The van der Waals surface area contributed by atoms with E-state index in [-0.39, 0.29) is 5.97 Å². The molecule has 0 bridgehead atoms. The summed E-state index contributed by atoms with van der Waals surface area (Å²) in [6.45, 7) is 1.12. The van der Waals surface area contributed by atoms with Crippen molar-refractivity contribution in [3.05, 3.63) is 65.1 Å². The number of methoxy groups -OCH3 is 1. The van der Waals surface area contributed by atoms with Gasteiger partial charge >= 0.3 is 5.97 Å². The molecule has 124 valence electrons. The van der Waals surface area contributed by atoms with E-state index in [4.69, 9.17) is 9.47 Å². The fourth-order valence-corrected chi connectivity index (χ4v) is 3.39. The Bertz CT molecular complexity index is 713. The molecule has 0 saturated carbocycles. The Morgan fingerprint density at radius 2 is 1.83 bits per heavy atom. The third-order valence-corrected chi connectivity index (χ3v) is 4.69. The molecule has 1 fully saturated rings. The van der Waals surface area contributed by atoms with E-state index in [0.717, 1.165) is 29.5 Å². The molecular formula is C19H19NO3S. The Kier molecular flexibility index (Phi) is 5.56. The van der Waals surface area contributed by atoms with E-state index in [1.807, 2.05) is 54.6 Å². The Hall–Kier alpha value is -2.24. The van der Waals surface area contributed by atoms with Crippen LogP contribution >= 0.6 is 11.8 Å². The van der Waals surface area contributed by atoms with Gasteiger partial charge < -0.3 is 9.47 Å². The fourth-order valence-electron chi connectivity index (χ4n) is 2.36. The quantitative estimate of drug-likeness (QED) is 0.769. The highest BCUT2D eigenvalue weighted by Crippen LogP contribution is 2.29. The van der Waals surface area contributed by atoms with Crippen LogP contribution in [0.15, 0.2) is 59.5 Å². The van der Waals surface area contributed by atoms with E-state index in [1.165, 1.54) is 12.0 Å². The van der Waals surface area contributed by atoms with E-state index in [9.17, 15) is 4.79 Å². The molecule has 24 heavy (non-hydrogen) atoms. The maximum Gasteiger partial charge on any atom is 0.319 e. The van der Waals surface area contributed by atoms with Gasteiger partial charge in [-0.05, 0) is 35.9 Å². The summed E-state index contributed by atoms with van der Waals surface area (Å²) in [5, 5.41) is 0. The standard InChI is InChI=1S/C19H19NO3S/c1-22-19(21)13-20-12-18(24-14-20)11-15-7-9-17(10-8-15)23-16-5-3-2-4-6-16/h2-11H,12-14H2,1H3. The molecule has 4 nitrogen and oxygen atoms in total. The van der Waals surface area contributed by atoms with Crippen molar-refractivity contribution in [3.63, 3.8) is 0 Å². The van der Waals surface area contributed by atoms with Crippen LogP contribution < -0.4 is 4.74 Å². The molecule has 0 unspecified atom stereocenters. The largest absolute Gasteiger partial charge is 0.468 e. The molecule has 0 aromatic heterocycles. The van der Waals surface area contributed by atoms with Crippen LogP contribution in [0.25, 0.3) is 6.08 Å². The Balaban J connectivity index is 1.59. The van der Waals surface area contributed by atoms with Crippen molar-refractivity contribution in [2.24, 2.45) is 0 Å². The lowest BCUT2D eigenvalue weighted by atomic mass is 10.2. The summed E-state index contributed by atoms with van der Waals surface area (Å²) in [5.41, 5.74) is 1.12. The van der Waals surface area contributed by atoms with Crippen molar-refractivity contribution in [1.82, 2.24) is 4.90 Å². The Morgan fingerprint density at radius 1 is 1.12 bits per heavy atom. The second-order valence-electron chi connectivity index (χ2n) is 5.43. The van der Waals surface area contributed by atoms with Gasteiger partial charge in [-0.2, -0.15) is 0 Å². The zero-order chi connectivity index (χ0) is 16.8. The number of hydrogen-bond acceptors (Lipinski definition) is 5. The predicted molar refractivity (Wildman–Crippen MR) is 97.0 cm³/mol. The summed E-state index contributed by atoms with van der Waals surface area (Å²) < 4.78 is 10.5. The first-order valence-electron chi connectivity index (χ1n) is 7.68. The molecule has 0 spiro atoms. The van der Waals surface area contributed by atoms with Crippen LogP contribution in [0.4, 0.5) is 0 Å². The molecule has 2 aromatic carbocycles. The van der Waals surface area contributed by atoms with E-state index >= 15 is 0 Å². The topological polar surface area (TPSA) is 38.8 Å². The number of thioether (sulfide) groups is 1. The van der Waals surface area contributed by atoms with Gasteiger partial charge in [0.25, 0.3) is 0 Å². The minimum atomic E-state index is -0.195. The number of rotatable bonds is 5. The van der Waals surface area contributed by atoms with Crippen LogP contribution in [0.2, 0.25) is 0 Å². The first-order valence-corrected chi connectivity index (χ1v) is 8.67. The maximum absolute atomic E-state index is 11.3. The summed E-state index contributed by atoms with van der Waals surface area (Å²) >= 11 is 1.75. The van der Waals surface area contributed by atoms with Gasteiger partial charge in [0.15, 0.2) is 0 Å². The van der Waals surface area contributed by atoms with E-state index in [0.29, 0.717) is 6.54 Å². The van der Waals surface area contributed by atoms with Crippen LogP contribution in [-0.2, 0) is 9.53 Å². The number of carbonyl (C=O) groups excluding carboxylic acids is 1. The van der Waals surface area contributed by atoms with Crippen LogP contribution in [0, 0.1) is 0 Å². The normalized spacial score (nSPS) is 16.3. The maximum atomic E-state index is 11.3. The van der Waals surface area contributed by atoms with E-state index < -0.39 is 0 Å². The molecule has 0 radical (unpaired) electrons. The fraction of sp³-hybridized carbons (Fsp3) is 0.211. The average Bonchev–Trinajstić information content (AvgIpc) is 3.04. The minimum absolute atomic E-state index is 0.195. The zero-order valence-corrected chi connectivity index (χ0v) is 14.3. The summed E-state index contributed by atoms with van der Waals surface area (Å²) in [6.07, 6.45) is 2.15. The van der Waals surface area contributed by atoms with E-state index in [2.05, 4.69) is 11.0 Å². The number of para-hydroxylation sites is 1. The molecule has 0 amide bonds. The van der Waals surface area contributed by atoms with Crippen LogP contribution in [0.1, 0.15) is 5.56 Å². The summed E-state index contributed by atoms with van der Waals surface area (Å²) in [7, 11) is 1.42. The lowest BCUT2D eigenvalue weighted by molar-refractivity contribution is -0.141. The van der Waals surface area contributed by atoms with Crippen molar-refractivity contribution in [3.8, 4) is 11.5 Å². The van der Waals surface area contributed by atoms with Gasteiger partial charge in [-0.15, -0.1) is 11.8 Å². The number of nitrogens with zero attached hydrogens (tertiary/aromatic N) is 1. The average molecular weight is 341 g/mol. The zero-order valence-electron chi connectivity index (χ0n) is 13.5. The second-order valence-corrected chi connectivity index (χ2v) is 6.50. The van der Waals surface area contributed by atoms with Crippen LogP contribution in [0.5, 0.6) is 11.5 Å². The number of carbonyl (C=O) groups is 1. The Labute approximate surface area is 146 Å². The van der Waals surface area contributed by atoms with Gasteiger partial charge in [-0.3, -0.25) is 9.69 Å². The Morgan fingerprint density at radius 3 is 2.54 bits per heavy atom. The van der Waals surface area contributed by atoms with Gasteiger partial charge in [-0.1, -0.05) is 30.3 Å².